The number of para-hydroxylation sites is 2. The lowest BCUT2D eigenvalue weighted by molar-refractivity contribution is 1.01. The number of rotatable bonds is 6. The first kappa shape index (κ1) is 36.2. The third-order valence-corrected chi connectivity index (χ3v) is 12.5. The Bertz CT molecular complexity index is 3430. The van der Waals surface area contributed by atoms with Crippen LogP contribution in [0.4, 0.5) is 0 Å². The third kappa shape index (κ3) is 5.95. The first-order valence-corrected chi connectivity index (χ1v) is 21.1. The van der Waals surface area contributed by atoms with Gasteiger partial charge >= 0.3 is 0 Å². The van der Waals surface area contributed by atoms with Gasteiger partial charge in [0.15, 0.2) is 0 Å². The molecule has 0 aliphatic rings. The van der Waals surface area contributed by atoms with E-state index in [1.54, 1.807) is 0 Å². The second kappa shape index (κ2) is 15.0. The van der Waals surface area contributed by atoms with Crippen molar-refractivity contribution in [2.24, 2.45) is 0 Å². The summed E-state index contributed by atoms with van der Waals surface area (Å²) < 4.78 is 4.86. The van der Waals surface area contributed by atoms with Crippen molar-refractivity contribution < 1.29 is 0 Å². The average Bonchev–Trinajstić information content (AvgIpc) is 3.85. The zero-order valence-corrected chi connectivity index (χ0v) is 34.1. The number of benzene rings is 8. The van der Waals surface area contributed by atoms with Gasteiger partial charge in [-0.2, -0.15) is 0 Å². The molecule has 0 aliphatic heterocycles. The molecule has 59 heavy (non-hydrogen) atoms. The molecular weight excluding hydrogens is 735 g/mol. The zero-order chi connectivity index (χ0) is 40.0. The highest BCUT2D eigenvalue weighted by molar-refractivity contribution is 7.25. The maximum atomic E-state index is 5.51. The van der Waals surface area contributed by atoms with Gasteiger partial charge in [-0.3, -0.25) is 4.57 Å². The summed E-state index contributed by atoms with van der Waals surface area (Å²) in [7, 11) is 0. The topological polar surface area (TPSA) is 30.7 Å². The van der Waals surface area contributed by atoms with Crippen LogP contribution >= 0.6 is 11.3 Å². The van der Waals surface area contributed by atoms with Gasteiger partial charge in [0.2, 0.25) is 5.95 Å². The highest BCUT2D eigenvalue weighted by Crippen LogP contribution is 2.43. The van der Waals surface area contributed by atoms with Crippen molar-refractivity contribution in [3.8, 4) is 39.5 Å². The van der Waals surface area contributed by atoms with E-state index in [4.69, 9.17) is 9.97 Å². The van der Waals surface area contributed by atoms with E-state index in [0.29, 0.717) is 5.95 Å². The van der Waals surface area contributed by atoms with Crippen molar-refractivity contribution in [1.82, 2.24) is 14.5 Å². The Labute approximate surface area is 347 Å². The quantitative estimate of drug-likeness (QED) is 0.168. The average molecular weight is 776 g/mol. The Kier molecular flexibility index (Phi) is 9.20. The number of hydrogen-bond donors (Lipinski definition) is 0. The summed E-state index contributed by atoms with van der Waals surface area (Å²) in [6, 6.07) is 58.9. The van der Waals surface area contributed by atoms with Crippen LogP contribution in [-0.2, 0) is 0 Å². The second-order valence-corrected chi connectivity index (χ2v) is 15.6. The van der Waals surface area contributed by atoms with Gasteiger partial charge in [-0.1, -0.05) is 172 Å². The van der Waals surface area contributed by atoms with Crippen molar-refractivity contribution in [2.75, 3.05) is 0 Å². The summed E-state index contributed by atoms with van der Waals surface area (Å²) in [5, 5.41) is 8.31. The maximum absolute atomic E-state index is 5.51. The van der Waals surface area contributed by atoms with Gasteiger partial charge in [0.25, 0.3) is 0 Å². The fourth-order valence-corrected chi connectivity index (χ4v) is 9.83. The van der Waals surface area contributed by atoms with E-state index in [1.165, 1.54) is 42.1 Å². The lowest BCUT2D eigenvalue weighted by atomic mass is 9.96. The fourth-order valence-electron chi connectivity index (χ4n) is 8.75. The molecule has 3 aromatic heterocycles. The van der Waals surface area contributed by atoms with E-state index in [0.717, 1.165) is 66.2 Å². The lowest BCUT2D eigenvalue weighted by Gasteiger charge is -2.14. The van der Waals surface area contributed by atoms with Crippen LogP contribution in [0, 0.1) is 0 Å². The molecule has 282 valence electrons. The summed E-state index contributed by atoms with van der Waals surface area (Å²) in [5.41, 5.74) is 11.8. The number of nitrogens with zero attached hydrogens (tertiary/aromatic N) is 3. The molecule has 0 N–H and O–H groups in total. The van der Waals surface area contributed by atoms with E-state index >= 15 is 0 Å². The molecule has 11 rings (SSSR count). The highest BCUT2D eigenvalue weighted by Gasteiger charge is 2.22. The molecule has 11 aromatic rings. The fraction of sp³-hybridized carbons (Fsp3) is 0.0545. The molecule has 0 saturated heterocycles. The number of allylic oxidation sites excluding steroid dienone is 1. The van der Waals surface area contributed by atoms with E-state index in [2.05, 4.69) is 194 Å². The van der Waals surface area contributed by atoms with Gasteiger partial charge in [0, 0.05) is 47.5 Å². The van der Waals surface area contributed by atoms with Crippen LogP contribution in [0.1, 0.15) is 31.9 Å². The summed E-state index contributed by atoms with van der Waals surface area (Å²) >= 11 is 1.84. The van der Waals surface area contributed by atoms with E-state index in [-0.39, 0.29) is 0 Å². The van der Waals surface area contributed by atoms with Crippen LogP contribution in [0.25, 0.3) is 115 Å². The summed E-state index contributed by atoms with van der Waals surface area (Å²) in [4.78, 5) is 10.9. The smallest absolute Gasteiger partial charge is 0.235 e. The van der Waals surface area contributed by atoms with E-state index in [9.17, 15) is 0 Å². The van der Waals surface area contributed by atoms with Crippen LogP contribution < -0.4 is 0 Å². The Morgan fingerprint density at radius 2 is 1.22 bits per heavy atom. The molecule has 0 amide bonds. The Balaban J connectivity index is 0.00000207. The monoisotopic (exact) mass is 775 g/mol. The predicted molar refractivity (Wildman–Crippen MR) is 257 cm³/mol. The minimum Gasteiger partial charge on any atom is -0.277 e. The predicted octanol–water partition coefficient (Wildman–Crippen LogP) is 16.0. The molecule has 0 fully saturated rings. The van der Waals surface area contributed by atoms with Crippen LogP contribution in [0.5, 0.6) is 0 Å². The molecule has 0 saturated carbocycles. The van der Waals surface area contributed by atoms with E-state index in [1.807, 2.05) is 31.3 Å². The van der Waals surface area contributed by atoms with Crippen LogP contribution in [-0.4, -0.2) is 14.5 Å². The molecule has 0 spiro atoms. The van der Waals surface area contributed by atoms with Gasteiger partial charge in [0.1, 0.15) is 0 Å². The largest absolute Gasteiger partial charge is 0.277 e. The van der Waals surface area contributed by atoms with Crippen molar-refractivity contribution in [2.45, 2.75) is 20.8 Å². The van der Waals surface area contributed by atoms with Crippen LogP contribution in [0.3, 0.4) is 0 Å². The van der Waals surface area contributed by atoms with Crippen molar-refractivity contribution in [3.05, 3.63) is 188 Å². The molecule has 8 aromatic carbocycles. The minimum absolute atomic E-state index is 0.630. The number of fused-ring (bicyclic) bond motifs is 8. The maximum Gasteiger partial charge on any atom is 0.235 e. The Hall–Kier alpha value is -7.14. The van der Waals surface area contributed by atoms with Crippen molar-refractivity contribution in [1.29, 1.82) is 0 Å². The van der Waals surface area contributed by atoms with Gasteiger partial charge in [-0.25, -0.2) is 9.97 Å². The standard InChI is InChI=1S/C53H35N3S.C2H6/c1-3-13-33-28-30-47-50(38(33)4-2)44-21-12-20-41(37-29-31-49-45(32-37)42-17-8-10-23-48(42)57-49)52(44)56(47)53-54-46-22-9-7-18-43(46)51(55-53)36-26-24-35(25-27-36)40-19-11-15-34-14-5-6-16-39(34)40;1-2/h3-32H,2H2,1H3;1-2H3/b13-3-;. The highest BCUT2D eigenvalue weighted by atomic mass is 32.1. The molecule has 0 aliphatic carbocycles. The second-order valence-electron chi connectivity index (χ2n) is 14.5. The zero-order valence-electron chi connectivity index (χ0n) is 33.3. The summed E-state index contributed by atoms with van der Waals surface area (Å²) in [6.45, 7) is 10.4. The SMILES string of the molecule is C=Cc1c(/C=C\C)ccc2c1c1cccc(-c3ccc4sc5ccccc5c4c3)c1n2-c1nc(-c2ccc(-c3cccc4ccccc34)cc2)c2ccccc2n1.CC. The van der Waals surface area contributed by atoms with Gasteiger partial charge in [0.05, 0.1) is 22.2 Å². The number of thiophene rings is 1. The van der Waals surface area contributed by atoms with E-state index < -0.39 is 0 Å². The first-order chi connectivity index (χ1) is 29.2. The normalized spacial score (nSPS) is 11.6. The summed E-state index contributed by atoms with van der Waals surface area (Å²) in [5.74, 6) is 0.630. The molecule has 3 heterocycles. The molecule has 3 nitrogen and oxygen atoms in total. The van der Waals surface area contributed by atoms with Crippen molar-refractivity contribution in [3.63, 3.8) is 0 Å². The summed E-state index contributed by atoms with van der Waals surface area (Å²) in [6.07, 6.45) is 6.23. The van der Waals surface area contributed by atoms with Gasteiger partial charge in [-0.15, -0.1) is 11.3 Å². The molecule has 0 atom stereocenters. The Morgan fingerprint density at radius 3 is 2.05 bits per heavy atom. The molecule has 4 heteroatoms. The van der Waals surface area contributed by atoms with Crippen LogP contribution in [0.15, 0.2) is 176 Å². The first-order valence-electron chi connectivity index (χ1n) is 20.3. The lowest BCUT2D eigenvalue weighted by Crippen LogP contribution is -2.04. The van der Waals surface area contributed by atoms with Gasteiger partial charge in [-0.05, 0) is 75.8 Å². The van der Waals surface area contributed by atoms with Gasteiger partial charge < -0.3 is 0 Å². The minimum atomic E-state index is 0.630. The number of aromatic nitrogens is 3. The number of hydrogen-bond acceptors (Lipinski definition) is 3. The Morgan fingerprint density at radius 1 is 0.559 bits per heavy atom. The molecule has 0 bridgehead atoms. The molecule has 0 radical (unpaired) electrons. The molecule has 0 unspecified atom stereocenters. The molecular formula is C55H41N3S. The van der Waals surface area contributed by atoms with Crippen LogP contribution in [0.2, 0.25) is 0 Å². The van der Waals surface area contributed by atoms with Crippen molar-refractivity contribution >= 4 is 87.1 Å². The third-order valence-electron chi connectivity index (χ3n) is 11.3.